The van der Waals surface area contributed by atoms with Crippen molar-refractivity contribution in [3.8, 4) is 11.1 Å². The molecule has 2 saturated heterocycles. The highest BCUT2D eigenvalue weighted by molar-refractivity contribution is 6.36. The Kier molecular flexibility index (Phi) is 8.58. The molecule has 2 heterocycles. The normalized spacial score (nSPS) is 22.1. The highest BCUT2D eigenvalue weighted by atomic mass is 35.5. The van der Waals surface area contributed by atoms with Gasteiger partial charge in [0.25, 0.3) is 5.91 Å². The number of likely N-dealkylation sites (tertiary alicyclic amines) is 1. The fourth-order valence-electron chi connectivity index (χ4n) is 6.43. The number of carbonyl (C=O) groups is 2. The summed E-state index contributed by atoms with van der Waals surface area (Å²) in [7, 11) is 0. The smallest absolute Gasteiger partial charge is 0.254 e. The van der Waals surface area contributed by atoms with Crippen LogP contribution in [0.25, 0.3) is 11.1 Å². The molecule has 2 aromatic rings. The molecule has 1 unspecified atom stereocenters. The Labute approximate surface area is 242 Å². The van der Waals surface area contributed by atoms with Gasteiger partial charge in [0.1, 0.15) is 0 Å². The zero-order chi connectivity index (χ0) is 27.7. The molecule has 2 amide bonds. The Morgan fingerprint density at radius 3 is 2.15 bits per heavy atom. The average Bonchev–Trinajstić information content (AvgIpc) is 3.30. The standard InChI is InChI=1S/C31H39Cl2N3O3/c1-21(2)36(39)16-14-34(15-17-36)30(37)23-10-8-22(9-11-23)25-19-28(32)27(29(33)20-25)18-24-12-13-35(31(24)38)26-6-4-3-5-7-26/h8-11,19-21,24,26H,3-7,12-18H2,1-2H3. The highest BCUT2D eigenvalue weighted by Gasteiger charge is 2.37. The molecular weight excluding hydrogens is 533 g/mol. The van der Waals surface area contributed by atoms with Crippen LogP contribution in [0.5, 0.6) is 0 Å². The minimum absolute atomic E-state index is 0.00136. The number of hydroxylamine groups is 3. The Bertz CT molecular complexity index is 1180. The second-order valence-electron chi connectivity index (χ2n) is 11.8. The van der Waals surface area contributed by atoms with Gasteiger partial charge in [-0.25, -0.2) is 0 Å². The van der Waals surface area contributed by atoms with E-state index in [-0.39, 0.29) is 28.4 Å². The van der Waals surface area contributed by atoms with E-state index in [0.717, 1.165) is 42.5 Å². The number of amides is 2. The molecule has 3 fully saturated rings. The summed E-state index contributed by atoms with van der Waals surface area (Å²) >= 11 is 13.5. The fraction of sp³-hybridized carbons (Fsp3) is 0.548. The summed E-state index contributed by atoms with van der Waals surface area (Å²) < 4.78 is -0.242. The molecule has 39 heavy (non-hydrogen) atoms. The molecular formula is C31H39Cl2N3O3. The van der Waals surface area contributed by atoms with Crippen molar-refractivity contribution in [2.75, 3.05) is 32.7 Å². The molecule has 210 valence electrons. The summed E-state index contributed by atoms with van der Waals surface area (Å²) in [6.07, 6.45) is 7.35. The number of piperazine rings is 1. The predicted octanol–water partition coefficient (Wildman–Crippen LogP) is 6.56. The lowest BCUT2D eigenvalue weighted by Gasteiger charge is -2.51. The molecule has 2 aliphatic heterocycles. The first-order valence-corrected chi connectivity index (χ1v) is 15.2. The van der Waals surface area contributed by atoms with Gasteiger partial charge in [0.15, 0.2) is 0 Å². The monoisotopic (exact) mass is 571 g/mol. The Balaban J connectivity index is 1.24. The lowest BCUT2D eigenvalue weighted by Crippen LogP contribution is -2.60. The van der Waals surface area contributed by atoms with Gasteiger partial charge in [0.2, 0.25) is 5.91 Å². The highest BCUT2D eigenvalue weighted by Crippen LogP contribution is 2.36. The first kappa shape index (κ1) is 28.4. The van der Waals surface area contributed by atoms with Gasteiger partial charge < -0.3 is 19.7 Å². The van der Waals surface area contributed by atoms with Gasteiger partial charge in [-0.05, 0) is 80.5 Å². The predicted molar refractivity (Wildman–Crippen MR) is 157 cm³/mol. The van der Waals surface area contributed by atoms with E-state index < -0.39 is 0 Å². The summed E-state index contributed by atoms with van der Waals surface area (Å²) in [5, 5.41) is 13.9. The summed E-state index contributed by atoms with van der Waals surface area (Å²) in [6, 6.07) is 11.7. The molecule has 0 N–H and O–H groups in total. The van der Waals surface area contributed by atoms with E-state index in [2.05, 4.69) is 4.90 Å². The molecule has 1 saturated carbocycles. The zero-order valence-electron chi connectivity index (χ0n) is 23.0. The van der Waals surface area contributed by atoms with Crippen molar-refractivity contribution in [1.82, 2.24) is 9.80 Å². The topological polar surface area (TPSA) is 63.7 Å². The third-order valence-corrected chi connectivity index (χ3v) is 9.82. The molecule has 6 nitrogen and oxygen atoms in total. The number of halogens is 2. The van der Waals surface area contributed by atoms with Crippen LogP contribution in [0.4, 0.5) is 0 Å². The second-order valence-corrected chi connectivity index (χ2v) is 12.6. The Morgan fingerprint density at radius 1 is 0.949 bits per heavy atom. The number of nitrogens with zero attached hydrogens (tertiary/aromatic N) is 3. The van der Waals surface area contributed by atoms with Gasteiger partial charge in [0.05, 0.1) is 32.2 Å². The second kappa shape index (κ2) is 11.8. The van der Waals surface area contributed by atoms with E-state index in [1.165, 1.54) is 19.3 Å². The molecule has 0 bridgehead atoms. The third kappa shape index (κ3) is 6.00. The van der Waals surface area contributed by atoms with Crippen LogP contribution in [-0.2, 0) is 11.2 Å². The number of hydrogen-bond donors (Lipinski definition) is 0. The summed E-state index contributed by atoms with van der Waals surface area (Å²) in [4.78, 5) is 30.1. The summed E-state index contributed by atoms with van der Waals surface area (Å²) in [5.74, 6) is 0.126. The minimum atomic E-state index is -0.242. The number of benzene rings is 2. The largest absolute Gasteiger partial charge is 0.633 e. The van der Waals surface area contributed by atoms with Crippen LogP contribution in [0, 0.1) is 11.1 Å². The van der Waals surface area contributed by atoms with Crippen molar-refractivity contribution in [2.24, 2.45) is 5.92 Å². The van der Waals surface area contributed by atoms with Gasteiger partial charge in [-0.3, -0.25) is 9.59 Å². The summed E-state index contributed by atoms with van der Waals surface area (Å²) in [5.41, 5.74) is 3.22. The van der Waals surface area contributed by atoms with E-state index in [1.807, 2.05) is 50.2 Å². The van der Waals surface area contributed by atoms with E-state index in [4.69, 9.17) is 23.2 Å². The van der Waals surface area contributed by atoms with E-state index in [0.29, 0.717) is 54.3 Å². The van der Waals surface area contributed by atoms with Crippen molar-refractivity contribution in [3.05, 3.63) is 62.8 Å². The zero-order valence-corrected chi connectivity index (χ0v) is 24.5. The molecule has 1 aliphatic carbocycles. The van der Waals surface area contributed by atoms with Crippen LogP contribution in [0.15, 0.2) is 36.4 Å². The van der Waals surface area contributed by atoms with Crippen LogP contribution in [0.2, 0.25) is 10.0 Å². The van der Waals surface area contributed by atoms with Gasteiger partial charge >= 0.3 is 0 Å². The van der Waals surface area contributed by atoms with Gasteiger partial charge in [0, 0.05) is 34.1 Å². The fourth-order valence-corrected chi connectivity index (χ4v) is 7.07. The molecule has 0 radical (unpaired) electrons. The number of rotatable bonds is 6. The van der Waals surface area contributed by atoms with E-state index in [9.17, 15) is 14.8 Å². The van der Waals surface area contributed by atoms with E-state index >= 15 is 0 Å². The van der Waals surface area contributed by atoms with E-state index in [1.54, 1.807) is 4.90 Å². The van der Waals surface area contributed by atoms with Crippen molar-refractivity contribution < 1.29 is 14.2 Å². The molecule has 3 aliphatic rings. The maximum absolute atomic E-state index is 13.2. The summed E-state index contributed by atoms with van der Waals surface area (Å²) in [6.45, 7) is 6.50. The lowest BCUT2D eigenvalue weighted by molar-refractivity contribution is -0.905. The van der Waals surface area contributed by atoms with Crippen molar-refractivity contribution >= 4 is 35.0 Å². The quantitative estimate of drug-likeness (QED) is 0.291. The van der Waals surface area contributed by atoms with Crippen molar-refractivity contribution in [2.45, 2.75) is 70.9 Å². The first-order chi connectivity index (χ1) is 18.7. The molecule has 5 rings (SSSR count). The van der Waals surface area contributed by atoms with Crippen LogP contribution in [0.3, 0.4) is 0 Å². The minimum Gasteiger partial charge on any atom is -0.633 e. The van der Waals surface area contributed by atoms with Crippen LogP contribution >= 0.6 is 23.2 Å². The molecule has 0 aromatic heterocycles. The molecule has 8 heteroatoms. The SMILES string of the molecule is CC(C)[N+]1([O-])CCN(C(=O)c2ccc(-c3cc(Cl)c(CC4CCN(C5CCCCC5)C4=O)c(Cl)c3)cc2)CC1. The number of carbonyl (C=O) groups excluding carboxylic acids is 2. The molecule has 0 spiro atoms. The first-order valence-electron chi connectivity index (χ1n) is 14.4. The number of quaternary nitrogens is 1. The van der Waals surface area contributed by atoms with Crippen LogP contribution in [-0.4, -0.2) is 71.1 Å². The Hall–Kier alpha value is -2.12. The number of hydrogen-bond acceptors (Lipinski definition) is 3. The van der Waals surface area contributed by atoms with Crippen molar-refractivity contribution in [1.29, 1.82) is 0 Å². The van der Waals surface area contributed by atoms with Crippen LogP contribution < -0.4 is 0 Å². The third-order valence-electron chi connectivity index (χ3n) is 9.15. The lowest BCUT2D eigenvalue weighted by atomic mass is 9.93. The van der Waals surface area contributed by atoms with Gasteiger partial charge in [-0.1, -0.05) is 54.6 Å². The van der Waals surface area contributed by atoms with Gasteiger partial charge in [-0.2, -0.15) is 0 Å². The van der Waals surface area contributed by atoms with Crippen molar-refractivity contribution in [3.63, 3.8) is 0 Å². The van der Waals surface area contributed by atoms with Crippen LogP contribution in [0.1, 0.15) is 68.3 Å². The maximum atomic E-state index is 13.2. The maximum Gasteiger partial charge on any atom is 0.254 e. The van der Waals surface area contributed by atoms with Gasteiger partial charge in [-0.15, -0.1) is 0 Å². The Morgan fingerprint density at radius 2 is 1.56 bits per heavy atom. The molecule has 2 aromatic carbocycles. The molecule has 1 atom stereocenters. The average molecular weight is 573 g/mol.